The van der Waals surface area contributed by atoms with Crippen molar-refractivity contribution in [2.24, 2.45) is 0 Å². The third-order valence-electron chi connectivity index (χ3n) is 3.83. The summed E-state index contributed by atoms with van der Waals surface area (Å²) in [7, 11) is 0. The van der Waals surface area contributed by atoms with Crippen molar-refractivity contribution < 1.29 is 14.1 Å². The average molecular weight is 380 g/mol. The topological polar surface area (TPSA) is 96.3 Å². The third-order valence-corrected chi connectivity index (χ3v) is 3.83. The van der Waals surface area contributed by atoms with Crippen molar-refractivity contribution in [3.63, 3.8) is 0 Å². The summed E-state index contributed by atoms with van der Waals surface area (Å²) < 4.78 is 13.1. The predicted molar refractivity (Wildman–Crippen MR) is 106 cm³/mol. The lowest BCUT2D eigenvalue weighted by Gasteiger charge is -2.14. The molecule has 1 amide bonds. The molecule has 0 unspecified atom stereocenters. The number of benzene rings is 3. The molecule has 8 heteroatoms. The molecule has 0 aliphatic heterocycles. The molecule has 3 N–H and O–H groups in total. The summed E-state index contributed by atoms with van der Waals surface area (Å²) in [6.07, 6.45) is 0. The highest BCUT2D eigenvalue weighted by Crippen LogP contribution is 2.29. The maximum atomic E-state index is 13.1. The van der Waals surface area contributed by atoms with Gasteiger partial charge in [-0.15, -0.1) is 0 Å². The molecule has 28 heavy (non-hydrogen) atoms. The van der Waals surface area contributed by atoms with Crippen LogP contribution in [0.15, 0.2) is 72.8 Å². The van der Waals surface area contributed by atoms with Gasteiger partial charge in [-0.2, -0.15) is 0 Å². The van der Waals surface area contributed by atoms with Crippen molar-refractivity contribution in [3.8, 4) is 0 Å². The van der Waals surface area contributed by atoms with E-state index in [4.69, 9.17) is 0 Å². The van der Waals surface area contributed by atoms with Crippen LogP contribution in [0.4, 0.5) is 32.8 Å². The Bertz CT molecular complexity index is 979. The van der Waals surface area contributed by atoms with Crippen molar-refractivity contribution in [2.45, 2.75) is 0 Å². The number of hydrogen-bond acceptors (Lipinski definition) is 5. The lowest BCUT2D eigenvalue weighted by Crippen LogP contribution is -2.22. The highest BCUT2D eigenvalue weighted by molar-refractivity contribution is 5.94. The molecule has 0 saturated heterocycles. The first-order chi connectivity index (χ1) is 13.5. The largest absolute Gasteiger partial charge is 0.374 e. The molecule has 0 spiro atoms. The molecule has 0 atom stereocenters. The summed E-state index contributed by atoms with van der Waals surface area (Å²) in [5, 5.41) is 19.8. The quantitative estimate of drug-likeness (QED) is 0.413. The summed E-state index contributed by atoms with van der Waals surface area (Å²) >= 11 is 0. The molecule has 3 aromatic carbocycles. The molecule has 0 heterocycles. The zero-order valence-electron chi connectivity index (χ0n) is 14.7. The van der Waals surface area contributed by atoms with Gasteiger partial charge in [-0.3, -0.25) is 14.9 Å². The summed E-state index contributed by atoms with van der Waals surface area (Å²) in [5.41, 5.74) is 2.03. The average Bonchev–Trinajstić information content (AvgIpc) is 2.69. The number of nitro benzene ring substituents is 1. The normalized spacial score (nSPS) is 10.2. The minimum atomic E-state index is -0.517. The fourth-order valence-electron chi connectivity index (χ4n) is 2.49. The predicted octanol–water partition coefficient (Wildman–Crippen LogP) is 4.53. The highest BCUT2D eigenvalue weighted by atomic mass is 19.1. The van der Waals surface area contributed by atoms with Crippen LogP contribution < -0.4 is 16.0 Å². The lowest BCUT2D eigenvalue weighted by atomic mass is 10.2. The molecule has 7 nitrogen and oxygen atoms in total. The third kappa shape index (κ3) is 5.04. The van der Waals surface area contributed by atoms with Gasteiger partial charge in [0.15, 0.2) is 0 Å². The molecule has 0 radical (unpaired) electrons. The molecule has 142 valence electrons. The van der Waals surface area contributed by atoms with E-state index in [0.29, 0.717) is 22.7 Å². The van der Waals surface area contributed by atoms with Gasteiger partial charge in [0.1, 0.15) is 5.82 Å². The van der Waals surface area contributed by atoms with E-state index < -0.39 is 4.92 Å². The standard InChI is InChI=1S/C20H17FN4O3/c21-14-6-8-16(9-7-14)23-18-11-10-17(25(27)28)12-19(18)22-13-20(26)24-15-4-2-1-3-5-15/h1-12,22-23H,13H2,(H,24,26). The number of para-hydroxylation sites is 1. The van der Waals surface area contributed by atoms with Crippen LogP contribution in [0, 0.1) is 15.9 Å². The summed E-state index contributed by atoms with van der Waals surface area (Å²) in [6, 6.07) is 18.8. The molecule has 0 bridgehead atoms. The zero-order valence-corrected chi connectivity index (χ0v) is 14.7. The Morgan fingerprint density at radius 1 is 0.929 bits per heavy atom. The number of halogens is 1. The van der Waals surface area contributed by atoms with Crippen LogP contribution in [0.2, 0.25) is 0 Å². The fourth-order valence-corrected chi connectivity index (χ4v) is 2.49. The van der Waals surface area contributed by atoms with Gasteiger partial charge in [0.25, 0.3) is 5.69 Å². The first-order valence-corrected chi connectivity index (χ1v) is 8.41. The van der Waals surface area contributed by atoms with E-state index in [2.05, 4.69) is 16.0 Å². The van der Waals surface area contributed by atoms with E-state index in [-0.39, 0.29) is 24.0 Å². The van der Waals surface area contributed by atoms with Crippen molar-refractivity contribution in [1.82, 2.24) is 0 Å². The number of nitro groups is 1. The van der Waals surface area contributed by atoms with Crippen LogP contribution in [-0.4, -0.2) is 17.4 Å². The van der Waals surface area contributed by atoms with Gasteiger partial charge < -0.3 is 16.0 Å². The summed E-state index contributed by atoms with van der Waals surface area (Å²) in [4.78, 5) is 22.7. The number of nitrogens with one attached hydrogen (secondary N) is 3. The Morgan fingerprint density at radius 2 is 1.64 bits per heavy atom. The monoisotopic (exact) mass is 380 g/mol. The molecule has 0 saturated carbocycles. The van der Waals surface area contributed by atoms with Crippen molar-refractivity contribution in [2.75, 3.05) is 22.5 Å². The van der Waals surface area contributed by atoms with Crippen molar-refractivity contribution in [1.29, 1.82) is 0 Å². The van der Waals surface area contributed by atoms with E-state index in [1.807, 2.05) is 6.07 Å². The number of amides is 1. The first-order valence-electron chi connectivity index (χ1n) is 8.41. The van der Waals surface area contributed by atoms with Gasteiger partial charge in [-0.1, -0.05) is 18.2 Å². The molecule has 0 aromatic heterocycles. The molecule has 0 aliphatic rings. The van der Waals surface area contributed by atoms with Gasteiger partial charge in [0, 0.05) is 23.5 Å². The SMILES string of the molecule is O=C(CNc1cc([N+](=O)[O-])ccc1Nc1ccc(F)cc1)Nc1ccccc1. The number of nitrogens with zero attached hydrogens (tertiary/aromatic N) is 1. The van der Waals surface area contributed by atoms with Crippen LogP contribution in [-0.2, 0) is 4.79 Å². The van der Waals surface area contributed by atoms with Crippen LogP contribution in [0.5, 0.6) is 0 Å². The van der Waals surface area contributed by atoms with Crippen LogP contribution in [0.1, 0.15) is 0 Å². The number of carbonyl (C=O) groups is 1. The fraction of sp³-hybridized carbons (Fsp3) is 0.0500. The maximum absolute atomic E-state index is 13.1. The van der Waals surface area contributed by atoms with Crippen molar-refractivity contribution >= 4 is 34.3 Å². The number of carbonyl (C=O) groups excluding carboxylic acids is 1. The van der Waals surface area contributed by atoms with Crippen LogP contribution in [0.25, 0.3) is 0 Å². The Kier molecular flexibility index (Phi) is 5.81. The second-order valence-corrected chi connectivity index (χ2v) is 5.89. The molecular formula is C20H17FN4O3. The van der Waals surface area contributed by atoms with E-state index in [0.717, 1.165) is 0 Å². The summed E-state index contributed by atoms with van der Waals surface area (Å²) in [6.45, 7) is -0.0891. The number of rotatable bonds is 7. The van der Waals surface area contributed by atoms with Gasteiger partial charge in [0.2, 0.25) is 5.91 Å². The first kappa shape index (κ1) is 18.8. The van der Waals surface area contributed by atoms with Crippen LogP contribution >= 0.6 is 0 Å². The number of anilines is 4. The van der Waals surface area contributed by atoms with E-state index in [1.54, 1.807) is 36.4 Å². The minimum Gasteiger partial charge on any atom is -0.374 e. The highest BCUT2D eigenvalue weighted by Gasteiger charge is 2.12. The smallest absolute Gasteiger partial charge is 0.271 e. The maximum Gasteiger partial charge on any atom is 0.271 e. The van der Waals surface area contributed by atoms with Crippen molar-refractivity contribution in [3.05, 3.63) is 88.7 Å². The molecule has 0 fully saturated rings. The Balaban J connectivity index is 1.75. The number of non-ortho nitro benzene ring substituents is 1. The van der Waals surface area contributed by atoms with E-state index in [9.17, 15) is 19.3 Å². The Morgan fingerprint density at radius 3 is 2.32 bits per heavy atom. The Hall–Kier alpha value is -3.94. The lowest BCUT2D eigenvalue weighted by molar-refractivity contribution is -0.384. The zero-order chi connectivity index (χ0) is 19.9. The summed E-state index contributed by atoms with van der Waals surface area (Å²) in [5.74, 6) is -0.671. The molecule has 3 aromatic rings. The van der Waals surface area contributed by atoms with Gasteiger partial charge >= 0.3 is 0 Å². The van der Waals surface area contributed by atoms with Gasteiger partial charge in [-0.25, -0.2) is 4.39 Å². The minimum absolute atomic E-state index is 0.0891. The molecule has 0 aliphatic carbocycles. The van der Waals surface area contributed by atoms with E-state index >= 15 is 0 Å². The Labute approximate surface area is 160 Å². The molecule has 3 rings (SSSR count). The second kappa shape index (κ2) is 8.63. The second-order valence-electron chi connectivity index (χ2n) is 5.89. The van der Waals surface area contributed by atoms with E-state index in [1.165, 1.54) is 30.3 Å². The molecular weight excluding hydrogens is 363 g/mol. The van der Waals surface area contributed by atoms with Crippen LogP contribution in [0.3, 0.4) is 0 Å². The number of hydrogen-bond donors (Lipinski definition) is 3. The van der Waals surface area contributed by atoms with Gasteiger partial charge in [-0.05, 0) is 42.5 Å². The van der Waals surface area contributed by atoms with Gasteiger partial charge in [0.05, 0.1) is 22.8 Å².